The molecule has 0 spiro atoms. The lowest BCUT2D eigenvalue weighted by atomic mass is 10.1. The highest BCUT2D eigenvalue weighted by Crippen LogP contribution is 2.09. The van der Waals surface area contributed by atoms with Crippen LogP contribution >= 0.6 is 15.9 Å². The minimum absolute atomic E-state index is 0.312. The second-order valence-electron chi connectivity index (χ2n) is 2.50. The first kappa shape index (κ1) is 13.8. The van der Waals surface area contributed by atoms with Gasteiger partial charge < -0.3 is 5.73 Å². The van der Waals surface area contributed by atoms with Gasteiger partial charge in [-0.25, -0.2) is 0 Å². The molecule has 0 aliphatic rings. The minimum Gasteiger partial charge on any atom is -0.368 e. The number of rotatable bonds is 3. The molecule has 1 atom stereocenters. The zero-order valence-corrected chi connectivity index (χ0v) is 10.3. The van der Waals surface area contributed by atoms with Gasteiger partial charge in [-0.05, 0) is 0 Å². The first-order valence-corrected chi connectivity index (χ1v) is 5.57. The summed E-state index contributed by atoms with van der Waals surface area (Å²) < 4.78 is 0. The fraction of sp³-hybridized carbons (Fsp3) is 0.273. The molecule has 0 aliphatic carbocycles. The number of primary amides is 1. The number of alkyl halides is 1. The molecule has 0 aliphatic heterocycles. The Morgan fingerprint density at radius 2 is 1.67 bits per heavy atom. The van der Waals surface area contributed by atoms with Gasteiger partial charge in [-0.15, -0.1) is 0 Å². The maximum Gasteiger partial charge on any atom is 0.239 e. The standard InChI is InChI=1S/C9H8BrNO2.C2H6/c10-7(9(11)13)8(12)6-4-2-1-3-5-6;1-2/h1-5,7H,(H2,11,13);1-2H3. The molecule has 0 aromatic heterocycles. The molecule has 0 saturated heterocycles. The topological polar surface area (TPSA) is 60.2 Å². The summed E-state index contributed by atoms with van der Waals surface area (Å²) in [6.45, 7) is 4.00. The number of hydrogen-bond acceptors (Lipinski definition) is 2. The van der Waals surface area contributed by atoms with Crippen LogP contribution in [-0.4, -0.2) is 16.5 Å². The number of carbonyl (C=O) groups is 2. The molecule has 15 heavy (non-hydrogen) atoms. The van der Waals surface area contributed by atoms with Gasteiger partial charge in [0.2, 0.25) is 5.91 Å². The number of amides is 1. The number of benzene rings is 1. The van der Waals surface area contributed by atoms with Gasteiger partial charge in [0.15, 0.2) is 10.6 Å². The Morgan fingerprint density at radius 1 is 1.20 bits per heavy atom. The highest BCUT2D eigenvalue weighted by atomic mass is 79.9. The van der Waals surface area contributed by atoms with Crippen LogP contribution in [0.1, 0.15) is 24.2 Å². The molecule has 82 valence electrons. The molecule has 0 bridgehead atoms. The SMILES string of the molecule is CC.NC(=O)C(Br)C(=O)c1ccccc1. The van der Waals surface area contributed by atoms with E-state index in [1.54, 1.807) is 30.3 Å². The highest BCUT2D eigenvalue weighted by Gasteiger charge is 2.21. The Labute approximate surface area is 97.8 Å². The fourth-order valence-electron chi connectivity index (χ4n) is 0.878. The summed E-state index contributed by atoms with van der Waals surface area (Å²) in [7, 11) is 0. The lowest BCUT2D eigenvalue weighted by Gasteiger charge is -2.03. The average molecular weight is 272 g/mol. The molecular formula is C11H14BrNO2. The Morgan fingerprint density at radius 3 is 2.07 bits per heavy atom. The molecule has 4 heteroatoms. The predicted octanol–water partition coefficient (Wildman–Crippen LogP) is 2.14. The monoisotopic (exact) mass is 271 g/mol. The summed E-state index contributed by atoms with van der Waals surface area (Å²) >= 11 is 2.92. The first-order valence-electron chi connectivity index (χ1n) is 4.65. The van der Waals surface area contributed by atoms with Crippen molar-refractivity contribution in [3.63, 3.8) is 0 Å². The van der Waals surface area contributed by atoms with Crippen LogP contribution in [0.4, 0.5) is 0 Å². The van der Waals surface area contributed by atoms with E-state index in [1.807, 2.05) is 13.8 Å². The van der Waals surface area contributed by atoms with Crippen LogP contribution in [0.5, 0.6) is 0 Å². The van der Waals surface area contributed by atoms with Crippen LogP contribution < -0.4 is 5.73 Å². The van der Waals surface area contributed by atoms with Crippen LogP contribution in [0, 0.1) is 0 Å². The van der Waals surface area contributed by atoms with Crippen molar-refractivity contribution in [2.45, 2.75) is 18.7 Å². The van der Waals surface area contributed by atoms with Crippen molar-refractivity contribution >= 4 is 27.6 Å². The predicted molar refractivity (Wildman–Crippen MR) is 64.0 cm³/mol. The third-order valence-corrected chi connectivity index (χ3v) is 2.41. The fourth-order valence-corrected chi connectivity index (χ4v) is 1.14. The first-order chi connectivity index (χ1) is 7.13. The summed E-state index contributed by atoms with van der Waals surface area (Å²) in [4.78, 5) is 21.2. The zero-order chi connectivity index (χ0) is 11.8. The van der Waals surface area contributed by atoms with Gasteiger partial charge in [0.1, 0.15) is 0 Å². The average Bonchev–Trinajstić information content (AvgIpc) is 2.31. The van der Waals surface area contributed by atoms with Crippen LogP contribution in [0.15, 0.2) is 30.3 Å². The van der Waals surface area contributed by atoms with Crippen molar-refractivity contribution < 1.29 is 9.59 Å². The van der Waals surface area contributed by atoms with E-state index in [9.17, 15) is 9.59 Å². The van der Waals surface area contributed by atoms with E-state index in [0.29, 0.717) is 5.56 Å². The van der Waals surface area contributed by atoms with Gasteiger partial charge in [0.05, 0.1) is 0 Å². The van der Waals surface area contributed by atoms with E-state index in [-0.39, 0.29) is 5.78 Å². The van der Waals surface area contributed by atoms with Crippen molar-refractivity contribution in [1.29, 1.82) is 0 Å². The number of Topliss-reactive ketones (excluding diaryl/α,β-unsaturated/α-hetero) is 1. The largest absolute Gasteiger partial charge is 0.368 e. The molecule has 0 radical (unpaired) electrons. The second-order valence-corrected chi connectivity index (χ2v) is 3.41. The van der Waals surface area contributed by atoms with Gasteiger partial charge in [0, 0.05) is 5.56 Å². The van der Waals surface area contributed by atoms with E-state index in [1.165, 1.54) is 0 Å². The molecule has 1 aromatic rings. The summed E-state index contributed by atoms with van der Waals surface area (Å²) in [6.07, 6.45) is 0. The smallest absolute Gasteiger partial charge is 0.239 e. The van der Waals surface area contributed by atoms with Gasteiger partial charge >= 0.3 is 0 Å². The summed E-state index contributed by atoms with van der Waals surface area (Å²) in [5.41, 5.74) is 5.44. The van der Waals surface area contributed by atoms with Gasteiger partial charge in [-0.1, -0.05) is 60.1 Å². The van der Waals surface area contributed by atoms with E-state index >= 15 is 0 Å². The highest BCUT2D eigenvalue weighted by molar-refractivity contribution is 9.10. The Bertz CT molecular complexity index is 325. The Balaban J connectivity index is 0.000000921. The third-order valence-electron chi connectivity index (χ3n) is 1.54. The van der Waals surface area contributed by atoms with Gasteiger partial charge in [-0.3, -0.25) is 9.59 Å². The number of hydrogen-bond donors (Lipinski definition) is 1. The van der Waals surface area contributed by atoms with E-state index in [2.05, 4.69) is 15.9 Å². The van der Waals surface area contributed by atoms with Crippen molar-refractivity contribution in [3.8, 4) is 0 Å². The summed E-state index contributed by atoms with van der Waals surface area (Å²) in [5.74, 6) is -0.984. The van der Waals surface area contributed by atoms with E-state index in [4.69, 9.17) is 5.73 Å². The van der Waals surface area contributed by atoms with Gasteiger partial charge in [0.25, 0.3) is 0 Å². The van der Waals surface area contributed by atoms with Crippen LogP contribution in [0.2, 0.25) is 0 Å². The normalized spacial score (nSPS) is 10.9. The molecule has 0 saturated carbocycles. The molecular weight excluding hydrogens is 258 g/mol. The molecule has 1 rings (SSSR count). The van der Waals surface area contributed by atoms with Crippen LogP contribution in [-0.2, 0) is 4.79 Å². The molecule has 0 fully saturated rings. The quantitative estimate of drug-likeness (QED) is 0.520. The van der Waals surface area contributed by atoms with Crippen molar-refractivity contribution in [2.75, 3.05) is 0 Å². The lowest BCUT2D eigenvalue weighted by molar-refractivity contribution is -0.116. The number of carbonyl (C=O) groups excluding carboxylic acids is 2. The maximum atomic E-state index is 11.4. The third kappa shape index (κ3) is 4.25. The molecule has 3 nitrogen and oxygen atoms in total. The minimum atomic E-state index is -0.935. The molecule has 1 unspecified atom stereocenters. The van der Waals surface area contributed by atoms with Crippen molar-refractivity contribution in [1.82, 2.24) is 0 Å². The molecule has 2 N–H and O–H groups in total. The zero-order valence-electron chi connectivity index (χ0n) is 8.74. The maximum absolute atomic E-state index is 11.4. The number of ketones is 1. The number of halogens is 1. The van der Waals surface area contributed by atoms with E-state index < -0.39 is 10.7 Å². The molecule has 1 amide bonds. The Hall–Kier alpha value is -1.16. The van der Waals surface area contributed by atoms with E-state index in [0.717, 1.165) is 0 Å². The van der Waals surface area contributed by atoms with Gasteiger partial charge in [-0.2, -0.15) is 0 Å². The second kappa shape index (κ2) is 7.17. The molecule has 0 heterocycles. The summed E-state index contributed by atoms with van der Waals surface area (Å²) in [5, 5.41) is 0. The molecule has 1 aromatic carbocycles. The van der Waals surface area contributed by atoms with Crippen molar-refractivity contribution in [3.05, 3.63) is 35.9 Å². The number of nitrogens with two attached hydrogens (primary N) is 1. The van der Waals surface area contributed by atoms with Crippen molar-refractivity contribution in [2.24, 2.45) is 5.73 Å². The van der Waals surface area contributed by atoms with Crippen LogP contribution in [0.25, 0.3) is 0 Å². The summed E-state index contributed by atoms with van der Waals surface area (Å²) in [6, 6.07) is 8.53. The Kier molecular flexibility index (Phi) is 6.62. The van der Waals surface area contributed by atoms with Crippen LogP contribution in [0.3, 0.4) is 0 Å². The lowest BCUT2D eigenvalue weighted by Crippen LogP contribution is -2.30.